The van der Waals surface area contributed by atoms with Gasteiger partial charge in [-0.05, 0) is 30.5 Å². The molecule has 0 aromatic heterocycles. The molecule has 7 heteroatoms. The maximum Gasteiger partial charge on any atom is 0.244 e. The molecule has 1 unspecified atom stereocenters. The summed E-state index contributed by atoms with van der Waals surface area (Å²) in [6.07, 6.45) is -0.201. The molecule has 6 nitrogen and oxygen atoms in total. The first-order valence-corrected chi connectivity index (χ1v) is 7.86. The lowest BCUT2D eigenvalue weighted by atomic mass is 10.1. The molecule has 20 heavy (non-hydrogen) atoms. The molecule has 0 aliphatic carbocycles. The van der Waals surface area contributed by atoms with Crippen molar-refractivity contribution < 1.29 is 18.3 Å². The van der Waals surface area contributed by atoms with Gasteiger partial charge in [-0.2, -0.15) is 0 Å². The number of methoxy groups -OCH3 is 1. The molecule has 0 aliphatic heterocycles. The van der Waals surface area contributed by atoms with E-state index in [1.54, 1.807) is 6.07 Å². The lowest BCUT2D eigenvalue weighted by Crippen LogP contribution is -2.33. The highest BCUT2D eigenvalue weighted by atomic mass is 32.2. The third-order valence-corrected chi connectivity index (χ3v) is 4.17. The van der Waals surface area contributed by atoms with Crippen molar-refractivity contribution >= 4 is 15.7 Å². The van der Waals surface area contributed by atoms with Crippen LogP contribution in [-0.2, 0) is 10.0 Å². The van der Waals surface area contributed by atoms with Gasteiger partial charge in [0, 0.05) is 12.2 Å². The highest BCUT2D eigenvalue weighted by Crippen LogP contribution is 2.25. The van der Waals surface area contributed by atoms with Gasteiger partial charge >= 0.3 is 0 Å². The number of nitrogens with one attached hydrogen (secondary N) is 1. The highest BCUT2D eigenvalue weighted by molar-refractivity contribution is 7.89. The van der Waals surface area contributed by atoms with Crippen LogP contribution in [0.25, 0.3) is 0 Å². The lowest BCUT2D eigenvalue weighted by molar-refractivity contribution is 0.152. The molecule has 0 spiro atoms. The molecule has 1 rings (SSSR count). The van der Waals surface area contributed by atoms with Crippen molar-refractivity contribution in [2.75, 3.05) is 19.4 Å². The number of anilines is 1. The minimum absolute atomic E-state index is 0.0308. The van der Waals surface area contributed by atoms with Crippen LogP contribution in [0.5, 0.6) is 5.75 Å². The number of nitrogen functional groups attached to an aromatic ring is 1. The predicted molar refractivity (Wildman–Crippen MR) is 78.1 cm³/mol. The normalized spacial score (nSPS) is 13.4. The largest absolute Gasteiger partial charge is 0.495 e. The smallest absolute Gasteiger partial charge is 0.244 e. The number of nitrogens with two attached hydrogens (primary N) is 1. The summed E-state index contributed by atoms with van der Waals surface area (Å²) >= 11 is 0. The van der Waals surface area contributed by atoms with Gasteiger partial charge in [-0.15, -0.1) is 0 Å². The molecule has 1 atom stereocenters. The average Bonchev–Trinajstić information content (AvgIpc) is 2.36. The van der Waals surface area contributed by atoms with Crippen LogP contribution in [0.15, 0.2) is 23.1 Å². The molecule has 114 valence electrons. The van der Waals surface area contributed by atoms with E-state index in [-0.39, 0.29) is 23.1 Å². The van der Waals surface area contributed by atoms with E-state index in [2.05, 4.69) is 4.72 Å². The van der Waals surface area contributed by atoms with Gasteiger partial charge in [0.1, 0.15) is 10.6 Å². The van der Waals surface area contributed by atoms with Crippen molar-refractivity contribution in [1.29, 1.82) is 0 Å². The monoisotopic (exact) mass is 302 g/mol. The number of aliphatic hydroxyl groups is 1. The van der Waals surface area contributed by atoms with Crippen LogP contribution in [0.3, 0.4) is 0 Å². The second-order valence-corrected chi connectivity index (χ2v) is 6.78. The number of aliphatic hydroxyl groups excluding tert-OH is 1. The second-order valence-electron chi connectivity index (χ2n) is 5.05. The van der Waals surface area contributed by atoms with Gasteiger partial charge in [0.05, 0.1) is 13.2 Å². The summed E-state index contributed by atoms with van der Waals surface area (Å²) in [5, 5.41) is 9.73. The second kappa shape index (κ2) is 6.92. The number of hydrogen-bond donors (Lipinski definition) is 3. The van der Waals surface area contributed by atoms with E-state index in [0.717, 1.165) is 0 Å². The molecule has 4 N–H and O–H groups in total. The quantitative estimate of drug-likeness (QED) is 0.651. The molecule has 0 saturated carbocycles. The fraction of sp³-hybridized carbons (Fsp3) is 0.538. The number of ether oxygens (including phenoxy) is 1. The molecule has 0 heterocycles. The molecule has 0 saturated heterocycles. The van der Waals surface area contributed by atoms with E-state index in [0.29, 0.717) is 12.1 Å². The van der Waals surface area contributed by atoms with Crippen LogP contribution in [0.2, 0.25) is 0 Å². The minimum Gasteiger partial charge on any atom is -0.495 e. The van der Waals surface area contributed by atoms with Gasteiger partial charge in [0.2, 0.25) is 10.0 Å². The summed E-state index contributed by atoms with van der Waals surface area (Å²) in [7, 11) is -2.38. The van der Waals surface area contributed by atoms with E-state index < -0.39 is 16.1 Å². The van der Waals surface area contributed by atoms with Crippen molar-refractivity contribution in [1.82, 2.24) is 4.72 Å². The Kier molecular flexibility index (Phi) is 5.79. The summed E-state index contributed by atoms with van der Waals surface area (Å²) in [6, 6.07) is 4.38. The fourth-order valence-corrected chi connectivity index (χ4v) is 3.09. The maximum absolute atomic E-state index is 12.2. The van der Waals surface area contributed by atoms with Crippen molar-refractivity contribution in [2.45, 2.75) is 31.3 Å². The molecule has 0 bridgehead atoms. The zero-order valence-electron chi connectivity index (χ0n) is 12.0. The predicted octanol–water partition coefficient (Wildman–Crippen LogP) is 0.963. The Hall–Kier alpha value is -1.31. The van der Waals surface area contributed by atoms with E-state index >= 15 is 0 Å². The number of sulfonamides is 1. The van der Waals surface area contributed by atoms with E-state index in [4.69, 9.17) is 10.5 Å². The van der Waals surface area contributed by atoms with Gasteiger partial charge < -0.3 is 15.6 Å². The highest BCUT2D eigenvalue weighted by Gasteiger charge is 2.21. The van der Waals surface area contributed by atoms with E-state index in [9.17, 15) is 13.5 Å². The Morgan fingerprint density at radius 2 is 2.05 bits per heavy atom. The Morgan fingerprint density at radius 3 is 2.60 bits per heavy atom. The van der Waals surface area contributed by atoms with E-state index in [1.807, 2.05) is 13.8 Å². The zero-order chi connectivity index (χ0) is 15.3. The first kappa shape index (κ1) is 16.7. The topological polar surface area (TPSA) is 102 Å². The summed E-state index contributed by atoms with van der Waals surface area (Å²) in [5.74, 6) is 0.501. The van der Waals surface area contributed by atoms with Crippen LogP contribution >= 0.6 is 0 Å². The van der Waals surface area contributed by atoms with E-state index in [1.165, 1.54) is 19.2 Å². The van der Waals surface area contributed by atoms with Crippen LogP contribution in [0.1, 0.15) is 20.3 Å². The Labute approximate surface area is 120 Å². The Bertz CT molecular complexity index is 543. The summed E-state index contributed by atoms with van der Waals surface area (Å²) < 4.78 is 31.8. The first-order chi connectivity index (χ1) is 9.26. The number of benzene rings is 1. The van der Waals surface area contributed by atoms with Gasteiger partial charge in [-0.3, -0.25) is 0 Å². The molecular weight excluding hydrogens is 280 g/mol. The van der Waals surface area contributed by atoms with Crippen molar-refractivity contribution in [3.63, 3.8) is 0 Å². The van der Waals surface area contributed by atoms with Crippen LogP contribution in [0, 0.1) is 5.92 Å². The lowest BCUT2D eigenvalue weighted by Gasteiger charge is -2.15. The fourth-order valence-electron chi connectivity index (χ4n) is 1.81. The summed E-state index contributed by atoms with van der Waals surface area (Å²) in [6.45, 7) is 3.87. The van der Waals surface area contributed by atoms with Gasteiger partial charge in [0.25, 0.3) is 0 Å². The van der Waals surface area contributed by atoms with Gasteiger partial charge in [-0.1, -0.05) is 13.8 Å². The molecule has 0 amide bonds. The molecule has 0 fully saturated rings. The molecular formula is C13H22N2O4S. The standard InChI is InChI=1S/C13H22N2O4S/c1-9(2)6-11(16)8-15-20(17,18)13-7-10(14)4-5-12(13)19-3/h4-5,7,9,11,15-16H,6,8,14H2,1-3H3. The van der Waals surface area contributed by atoms with Gasteiger partial charge in [0.15, 0.2) is 0 Å². The third-order valence-electron chi connectivity index (χ3n) is 2.73. The SMILES string of the molecule is COc1ccc(N)cc1S(=O)(=O)NCC(O)CC(C)C. The summed E-state index contributed by atoms with van der Waals surface area (Å²) in [4.78, 5) is -0.0308. The third kappa shape index (κ3) is 4.66. The maximum atomic E-state index is 12.2. The Morgan fingerprint density at radius 1 is 1.40 bits per heavy atom. The average molecular weight is 302 g/mol. The number of rotatable bonds is 7. The molecule has 0 aliphatic rings. The van der Waals surface area contributed by atoms with Crippen molar-refractivity contribution in [3.8, 4) is 5.75 Å². The molecule has 0 radical (unpaired) electrons. The van der Waals surface area contributed by atoms with Crippen LogP contribution < -0.4 is 15.2 Å². The number of hydrogen-bond acceptors (Lipinski definition) is 5. The molecule has 1 aromatic rings. The minimum atomic E-state index is -3.77. The van der Waals surface area contributed by atoms with Crippen molar-refractivity contribution in [2.24, 2.45) is 5.92 Å². The van der Waals surface area contributed by atoms with Gasteiger partial charge in [-0.25, -0.2) is 13.1 Å². The Balaban J connectivity index is 2.86. The van der Waals surface area contributed by atoms with Crippen LogP contribution in [0.4, 0.5) is 5.69 Å². The zero-order valence-corrected chi connectivity index (χ0v) is 12.8. The summed E-state index contributed by atoms with van der Waals surface area (Å²) in [5.41, 5.74) is 5.93. The van der Waals surface area contributed by atoms with Crippen LogP contribution in [-0.4, -0.2) is 33.3 Å². The first-order valence-electron chi connectivity index (χ1n) is 6.37. The molecule has 1 aromatic carbocycles. The van der Waals surface area contributed by atoms with Crippen molar-refractivity contribution in [3.05, 3.63) is 18.2 Å².